The monoisotopic (exact) mass is 428 g/mol. The largest absolute Gasteiger partial charge is 0.326 e. The van der Waals surface area contributed by atoms with Crippen LogP contribution in [-0.4, -0.2) is 20.4 Å². The fourth-order valence-corrected chi connectivity index (χ4v) is 4.11. The van der Waals surface area contributed by atoms with Crippen molar-refractivity contribution in [3.63, 3.8) is 0 Å². The van der Waals surface area contributed by atoms with Crippen LogP contribution in [0.5, 0.6) is 0 Å². The van der Waals surface area contributed by atoms with Gasteiger partial charge < -0.3 is 5.32 Å². The molecular weight excluding hydrogens is 408 g/mol. The number of nitrogens with one attached hydrogen (secondary N) is 1. The molecule has 4 aromatic rings. The first kappa shape index (κ1) is 20.5. The minimum atomic E-state index is -0.181. The van der Waals surface area contributed by atoms with Crippen molar-refractivity contribution in [2.45, 2.75) is 26.8 Å². The molecular formula is C24H20N4O2S. The number of anilines is 1. The molecule has 1 amide bonds. The Morgan fingerprint density at radius 2 is 2.00 bits per heavy atom. The molecule has 0 saturated carbocycles. The van der Waals surface area contributed by atoms with E-state index in [1.165, 1.54) is 22.2 Å². The van der Waals surface area contributed by atoms with Gasteiger partial charge in [0.1, 0.15) is 10.5 Å². The van der Waals surface area contributed by atoms with E-state index in [1.807, 2.05) is 50.2 Å². The van der Waals surface area contributed by atoms with Crippen molar-refractivity contribution in [3.05, 3.63) is 87.0 Å². The zero-order valence-corrected chi connectivity index (χ0v) is 18.0. The Morgan fingerprint density at radius 3 is 2.81 bits per heavy atom. The van der Waals surface area contributed by atoms with Crippen LogP contribution in [0.4, 0.5) is 5.69 Å². The molecule has 0 aliphatic rings. The van der Waals surface area contributed by atoms with Crippen LogP contribution in [0.25, 0.3) is 10.2 Å². The van der Waals surface area contributed by atoms with Gasteiger partial charge in [0, 0.05) is 35.3 Å². The Kier molecular flexibility index (Phi) is 5.92. The third-order valence-corrected chi connectivity index (χ3v) is 6.00. The first-order valence-electron chi connectivity index (χ1n) is 9.79. The second-order valence-electron chi connectivity index (χ2n) is 7.05. The Morgan fingerprint density at radius 1 is 1.13 bits per heavy atom. The number of rotatable bonds is 4. The van der Waals surface area contributed by atoms with E-state index in [9.17, 15) is 9.59 Å². The van der Waals surface area contributed by atoms with Crippen LogP contribution >= 0.6 is 11.3 Å². The highest BCUT2D eigenvalue weighted by atomic mass is 32.1. The van der Waals surface area contributed by atoms with Gasteiger partial charge in [0.15, 0.2) is 0 Å². The molecule has 0 atom stereocenters. The number of carbonyl (C=O) groups excluding carboxylic acids is 1. The number of nitrogens with zero attached hydrogens (tertiary/aromatic N) is 3. The number of hydrogen-bond acceptors (Lipinski definition) is 5. The average Bonchev–Trinajstić information content (AvgIpc) is 3.07. The van der Waals surface area contributed by atoms with Gasteiger partial charge in [-0.1, -0.05) is 18.1 Å². The van der Waals surface area contributed by atoms with Crippen LogP contribution in [0.3, 0.4) is 0 Å². The summed E-state index contributed by atoms with van der Waals surface area (Å²) in [6.45, 7) is 4.17. The van der Waals surface area contributed by atoms with Crippen molar-refractivity contribution in [1.29, 1.82) is 0 Å². The van der Waals surface area contributed by atoms with Gasteiger partial charge in [-0.25, -0.2) is 9.97 Å². The van der Waals surface area contributed by atoms with Crippen LogP contribution in [0.2, 0.25) is 0 Å². The highest BCUT2D eigenvalue weighted by Gasteiger charge is 2.12. The van der Waals surface area contributed by atoms with Crippen LogP contribution in [0.15, 0.2) is 59.8 Å². The molecule has 31 heavy (non-hydrogen) atoms. The molecule has 0 bridgehead atoms. The molecule has 0 spiro atoms. The summed E-state index contributed by atoms with van der Waals surface area (Å²) >= 11 is 1.51. The van der Waals surface area contributed by atoms with Gasteiger partial charge in [-0.05, 0) is 55.7 Å². The minimum absolute atomic E-state index is 0.105. The first-order chi connectivity index (χ1) is 15.0. The number of carbonyl (C=O) groups is 1. The van der Waals surface area contributed by atoms with Gasteiger partial charge in [-0.15, -0.1) is 11.3 Å². The van der Waals surface area contributed by atoms with Gasteiger partial charge >= 0.3 is 0 Å². The third kappa shape index (κ3) is 4.71. The van der Waals surface area contributed by atoms with Gasteiger partial charge in [0.05, 0.1) is 11.7 Å². The molecule has 1 N–H and O–H groups in total. The van der Waals surface area contributed by atoms with Gasteiger partial charge in [-0.3, -0.25) is 14.2 Å². The predicted octanol–water partition coefficient (Wildman–Crippen LogP) is 3.90. The predicted molar refractivity (Wildman–Crippen MR) is 123 cm³/mol. The molecule has 4 rings (SSSR count). The maximum atomic E-state index is 12.7. The number of aromatic nitrogens is 3. The summed E-state index contributed by atoms with van der Waals surface area (Å²) in [5, 5.41) is 3.51. The van der Waals surface area contributed by atoms with Crippen molar-refractivity contribution < 1.29 is 4.79 Å². The summed E-state index contributed by atoms with van der Waals surface area (Å²) in [6.07, 6.45) is 3.38. The van der Waals surface area contributed by atoms with Gasteiger partial charge in [0.25, 0.3) is 5.56 Å². The molecule has 0 unspecified atom stereocenters. The van der Waals surface area contributed by atoms with Crippen molar-refractivity contribution in [2.75, 3.05) is 5.32 Å². The highest BCUT2D eigenvalue weighted by molar-refractivity contribution is 7.18. The van der Waals surface area contributed by atoms with Crippen LogP contribution < -0.4 is 10.9 Å². The number of pyridine rings is 1. The zero-order valence-electron chi connectivity index (χ0n) is 17.2. The summed E-state index contributed by atoms with van der Waals surface area (Å²) in [5.41, 5.74) is 2.97. The normalized spacial score (nSPS) is 10.5. The number of amides is 1. The lowest BCUT2D eigenvalue weighted by Gasteiger charge is -2.07. The van der Waals surface area contributed by atoms with Gasteiger partial charge in [0.2, 0.25) is 5.91 Å². The Labute approximate surface area is 183 Å². The molecule has 0 fully saturated rings. The molecule has 0 aliphatic heterocycles. The number of fused-ring (bicyclic) bond motifs is 1. The molecule has 3 heterocycles. The molecule has 6 nitrogen and oxygen atoms in total. The zero-order chi connectivity index (χ0) is 21.8. The van der Waals surface area contributed by atoms with Crippen LogP contribution in [0, 0.1) is 25.7 Å². The van der Waals surface area contributed by atoms with E-state index in [4.69, 9.17) is 0 Å². The number of aryl methyl sites for hydroxylation is 3. The standard InChI is InChI=1S/C24H20N4O2S/c1-16-17(2)31-23-22(16)24(30)28(15-26-23)13-11-21(29)27-20-8-5-6-18(14-20)9-10-19-7-3-4-12-25-19/h3-8,12,14-15H,11,13H2,1-2H3,(H,27,29). The Balaban J connectivity index is 1.42. The number of benzene rings is 1. The SMILES string of the molecule is Cc1sc2ncn(CCC(=O)Nc3cccc(C#Cc4ccccn4)c3)c(=O)c2c1C. The summed E-state index contributed by atoms with van der Waals surface area (Å²) in [7, 11) is 0. The molecule has 0 saturated heterocycles. The molecule has 154 valence electrons. The average molecular weight is 429 g/mol. The number of thiophene rings is 1. The molecule has 0 aliphatic carbocycles. The van der Waals surface area contributed by atoms with E-state index in [1.54, 1.807) is 12.3 Å². The van der Waals surface area contributed by atoms with Crippen molar-refractivity contribution in [3.8, 4) is 11.8 Å². The third-order valence-electron chi connectivity index (χ3n) is 4.88. The lowest BCUT2D eigenvalue weighted by molar-refractivity contribution is -0.116. The lowest BCUT2D eigenvalue weighted by atomic mass is 10.2. The fourth-order valence-electron chi connectivity index (χ4n) is 3.12. The second kappa shape index (κ2) is 8.94. The maximum Gasteiger partial charge on any atom is 0.262 e. The molecule has 1 aromatic carbocycles. The quantitative estimate of drug-likeness (QED) is 0.500. The highest BCUT2D eigenvalue weighted by Crippen LogP contribution is 2.25. The minimum Gasteiger partial charge on any atom is -0.326 e. The van der Waals surface area contributed by atoms with E-state index >= 15 is 0 Å². The van der Waals surface area contributed by atoms with Crippen molar-refractivity contribution in [2.24, 2.45) is 0 Å². The first-order valence-corrected chi connectivity index (χ1v) is 10.6. The fraction of sp³-hybridized carbons (Fsp3) is 0.167. The topological polar surface area (TPSA) is 76.9 Å². The number of hydrogen-bond donors (Lipinski definition) is 1. The van der Waals surface area contributed by atoms with E-state index in [-0.39, 0.29) is 24.4 Å². The van der Waals surface area contributed by atoms with E-state index in [2.05, 4.69) is 27.1 Å². The summed E-state index contributed by atoms with van der Waals surface area (Å²) < 4.78 is 1.50. The molecule has 3 aromatic heterocycles. The van der Waals surface area contributed by atoms with Crippen LogP contribution in [-0.2, 0) is 11.3 Å². The maximum absolute atomic E-state index is 12.7. The Bertz CT molecular complexity index is 1380. The van der Waals surface area contributed by atoms with E-state index in [0.717, 1.165) is 20.8 Å². The van der Waals surface area contributed by atoms with Crippen molar-refractivity contribution in [1.82, 2.24) is 14.5 Å². The summed E-state index contributed by atoms with van der Waals surface area (Å²) in [6, 6.07) is 12.9. The van der Waals surface area contributed by atoms with Gasteiger partial charge in [-0.2, -0.15) is 0 Å². The van der Waals surface area contributed by atoms with Crippen LogP contribution in [0.1, 0.15) is 28.1 Å². The van der Waals surface area contributed by atoms with Crippen molar-refractivity contribution >= 4 is 33.1 Å². The molecule has 7 heteroatoms. The summed E-state index contributed by atoms with van der Waals surface area (Å²) in [5.74, 6) is 5.86. The Hall–Kier alpha value is -3.76. The van der Waals surface area contributed by atoms with E-state index < -0.39 is 0 Å². The smallest absolute Gasteiger partial charge is 0.262 e. The summed E-state index contributed by atoms with van der Waals surface area (Å²) in [4.78, 5) is 35.5. The molecule has 0 radical (unpaired) electrons. The lowest BCUT2D eigenvalue weighted by Crippen LogP contribution is -2.23. The second-order valence-corrected chi connectivity index (χ2v) is 8.25. The van der Waals surface area contributed by atoms with E-state index in [0.29, 0.717) is 16.8 Å².